The molecule has 2 aromatic rings. The van der Waals surface area contributed by atoms with Gasteiger partial charge in [0.1, 0.15) is 6.04 Å². The van der Waals surface area contributed by atoms with Gasteiger partial charge >= 0.3 is 6.03 Å². The topological polar surface area (TPSA) is 52.7 Å². The fourth-order valence-corrected chi connectivity index (χ4v) is 3.90. The summed E-state index contributed by atoms with van der Waals surface area (Å²) in [5.41, 5.74) is 2.15. The van der Waals surface area contributed by atoms with Crippen LogP contribution >= 0.6 is 0 Å². The van der Waals surface area contributed by atoms with Crippen molar-refractivity contribution in [3.05, 3.63) is 66.2 Å². The summed E-state index contributed by atoms with van der Waals surface area (Å²) in [5, 5.41) is 3.09. The lowest BCUT2D eigenvalue weighted by Gasteiger charge is -2.36. The first-order valence-corrected chi connectivity index (χ1v) is 9.60. The van der Waals surface area contributed by atoms with Gasteiger partial charge in [0, 0.05) is 31.2 Å². The minimum Gasteiger partial charge on any atom is -0.335 e. The van der Waals surface area contributed by atoms with Crippen LogP contribution in [0.25, 0.3) is 0 Å². The van der Waals surface area contributed by atoms with Gasteiger partial charge in [-0.2, -0.15) is 0 Å². The van der Waals surface area contributed by atoms with Crippen molar-refractivity contribution in [1.82, 2.24) is 10.2 Å². The zero-order valence-electron chi connectivity index (χ0n) is 15.5. The highest BCUT2D eigenvalue weighted by molar-refractivity contribution is 5.99. The molecule has 3 atom stereocenters. The van der Waals surface area contributed by atoms with E-state index in [1.807, 2.05) is 48.5 Å². The van der Waals surface area contributed by atoms with Crippen LogP contribution in [0.5, 0.6) is 0 Å². The molecule has 5 heteroatoms. The van der Waals surface area contributed by atoms with Crippen LogP contribution in [0.1, 0.15) is 30.7 Å². The van der Waals surface area contributed by atoms with Crippen molar-refractivity contribution in [2.75, 3.05) is 18.5 Å². The zero-order chi connectivity index (χ0) is 18.8. The van der Waals surface area contributed by atoms with E-state index >= 15 is 0 Å². The Labute approximate surface area is 160 Å². The lowest BCUT2D eigenvalue weighted by atomic mass is 10.0. The fraction of sp³-hybridized carbons (Fsp3) is 0.364. The minimum absolute atomic E-state index is 0.000469. The van der Waals surface area contributed by atoms with Crippen LogP contribution in [-0.4, -0.2) is 42.5 Å². The summed E-state index contributed by atoms with van der Waals surface area (Å²) in [6.45, 7) is 0.702. The van der Waals surface area contributed by atoms with E-state index in [4.69, 9.17) is 0 Å². The molecule has 0 spiro atoms. The second-order valence-electron chi connectivity index (χ2n) is 7.40. The standard InChI is InChI=1S/C22H25N3O2/c1-24(22(27)23-19-15-18(19)16-9-4-2-5-10-16)20-13-8-14-25(21(20)26)17-11-6-3-7-12-17/h2-7,9-12,18-20H,8,13-15H2,1H3,(H,23,27)/t18-,19-,20+/m1/s1. The Morgan fingerprint density at radius 1 is 1.07 bits per heavy atom. The second-order valence-corrected chi connectivity index (χ2v) is 7.40. The lowest BCUT2D eigenvalue weighted by Crippen LogP contribution is -2.55. The van der Waals surface area contributed by atoms with Crippen LogP contribution in [-0.2, 0) is 4.79 Å². The molecule has 1 N–H and O–H groups in total. The number of para-hydroxylation sites is 1. The molecule has 3 amide bonds. The van der Waals surface area contributed by atoms with Crippen molar-refractivity contribution in [3.8, 4) is 0 Å². The number of benzene rings is 2. The van der Waals surface area contributed by atoms with E-state index in [1.165, 1.54) is 5.56 Å². The fourth-order valence-electron chi connectivity index (χ4n) is 3.90. The minimum atomic E-state index is -0.409. The van der Waals surface area contributed by atoms with Gasteiger partial charge in [-0.3, -0.25) is 4.79 Å². The van der Waals surface area contributed by atoms with Gasteiger partial charge < -0.3 is 15.1 Å². The molecule has 1 saturated carbocycles. The van der Waals surface area contributed by atoms with Crippen LogP contribution in [0.15, 0.2) is 60.7 Å². The van der Waals surface area contributed by atoms with Gasteiger partial charge in [-0.15, -0.1) is 0 Å². The summed E-state index contributed by atoms with van der Waals surface area (Å²) in [7, 11) is 1.73. The summed E-state index contributed by atoms with van der Waals surface area (Å²) >= 11 is 0. The smallest absolute Gasteiger partial charge is 0.318 e. The number of hydrogen-bond acceptors (Lipinski definition) is 2. The maximum Gasteiger partial charge on any atom is 0.318 e. The third-order valence-corrected chi connectivity index (χ3v) is 5.59. The Morgan fingerprint density at radius 2 is 1.74 bits per heavy atom. The summed E-state index contributed by atoms with van der Waals surface area (Å²) in [5.74, 6) is 0.381. The molecule has 1 aliphatic heterocycles. The number of urea groups is 1. The maximum absolute atomic E-state index is 13.0. The second kappa shape index (κ2) is 7.43. The lowest BCUT2D eigenvalue weighted by molar-refractivity contribution is -0.123. The number of anilines is 1. The van der Waals surface area contributed by atoms with Crippen molar-refractivity contribution >= 4 is 17.6 Å². The monoisotopic (exact) mass is 363 g/mol. The van der Waals surface area contributed by atoms with Crippen LogP contribution in [0, 0.1) is 0 Å². The highest BCUT2D eigenvalue weighted by Crippen LogP contribution is 2.40. The van der Waals surface area contributed by atoms with Crippen LogP contribution in [0.2, 0.25) is 0 Å². The van der Waals surface area contributed by atoms with E-state index in [-0.39, 0.29) is 18.0 Å². The van der Waals surface area contributed by atoms with Crippen molar-refractivity contribution in [1.29, 1.82) is 0 Å². The van der Waals surface area contributed by atoms with E-state index < -0.39 is 6.04 Å². The van der Waals surface area contributed by atoms with Crippen molar-refractivity contribution in [3.63, 3.8) is 0 Å². The summed E-state index contributed by atoms with van der Waals surface area (Å²) < 4.78 is 0. The number of carbonyl (C=O) groups is 2. The van der Waals surface area contributed by atoms with E-state index in [0.717, 1.165) is 18.5 Å². The van der Waals surface area contributed by atoms with Gasteiger partial charge in [0.2, 0.25) is 5.91 Å². The average molecular weight is 363 g/mol. The average Bonchev–Trinajstić information content (AvgIpc) is 3.48. The normalized spacial score (nSPS) is 24.4. The Balaban J connectivity index is 1.38. The molecule has 0 bridgehead atoms. The van der Waals surface area contributed by atoms with Crippen molar-refractivity contribution < 1.29 is 9.59 Å². The van der Waals surface area contributed by atoms with Gasteiger partial charge in [-0.05, 0) is 37.0 Å². The van der Waals surface area contributed by atoms with E-state index in [0.29, 0.717) is 18.9 Å². The van der Waals surface area contributed by atoms with E-state index in [9.17, 15) is 9.59 Å². The maximum atomic E-state index is 13.0. The molecule has 5 nitrogen and oxygen atoms in total. The van der Waals surface area contributed by atoms with Gasteiger partial charge in [-0.1, -0.05) is 48.5 Å². The van der Waals surface area contributed by atoms with Crippen molar-refractivity contribution in [2.24, 2.45) is 0 Å². The number of nitrogens with zero attached hydrogens (tertiary/aromatic N) is 2. The Kier molecular flexibility index (Phi) is 4.84. The molecular formula is C22H25N3O2. The molecule has 2 aromatic carbocycles. The number of nitrogens with one attached hydrogen (secondary N) is 1. The molecule has 27 heavy (non-hydrogen) atoms. The molecule has 1 saturated heterocycles. The highest BCUT2D eigenvalue weighted by Gasteiger charge is 2.41. The van der Waals surface area contributed by atoms with Crippen LogP contribution in [0.4, 0.5) is 10.5 Å². The van der Waals surface area contributed by atoms with Gasteiger partial charge in [0.15, 0.2) is 0 Å². The first-order chi connectivity index (χ1) is 13.1. The Morgan fingerprint density at radius 3 is 2.44 bits per heavy atom. The molecule has 4 rings (SSSR count). The number of carbonyl (C=O) groups excluding carboxylic acids is 2. The number of hydrogen-bond donors (Lipinski definition) is 1. The molecule has 140 valence electrons. The molecule has 0 unspecified atom stereocenters. The molecule has 0 aromatic heterocycles. The highest BCUT2D eigenvalue weighted by atomic mass is 16.2. The molecular weight excluding hydrogens is 338 g/mol. The predicted molar refractivity (Wildman–Crippen MR) is 106 cm³/mol. The number of piperidine rings is 1. The van der Waals surface area contributed by atoms with Gasteiger partial charge in [-0.25, -0.2) is 4.79 Å². The largest absolute Gasteiger partial charge is 0.335 e. The van der Waals surface area contributed by atoms with Gasteiger partial charge in [0.05, 0.1) is 0 Å². The molecule has 2 fully saturated rings. The third kappa shape index (κ3) is 3.68. The zero-order valence-corrected chi connectivity index (χ0v) is 15.5. The van der Waals surface area contributed by atoms with E-state index in [2.05, 4.69) is 17.4 Å². The first-order valence-electron chi connectivity index (χ1n) is 9.60. The van der Waals surface area contributed by atoms with Crippen LogP contribution in [0.3, 0.4) is 0 Å². The number of likely N-dealkylation sites (N-methyl/N-ethyl adjacent to an activating group) is 1. The van der Waals surface area contributed by atoms with Crippen LogP contribution < -0.4 is 10.2 Å². The summed E-state index contributed by atoms with van der Waals surface area (Å²) in [4.78, 5) is 29.0. The first kappa shape index (κ1) is 17.6. The van der Waals surface area contributed by atoms with E-state index in [1.54, 1.807) is 16.8 Å². The Hall–Kier alpha value is -2.82. The Bertz CT molecular complexity index is 809. The quantitative estimate of drug-likeness (QED) is 0.905. The molecule has 2 aliphatic rings. The van der Waals surface area contributed by atoms with Gasteiger partial charge in [0.25, 0.3) is 0 Å². The molecule has 1 aliphatic carbocycles. The third-order valence-electron chi connectivity index (χ3n) is 5.59. The number of rotatable bonds is 4. The SMILES string of the molecule is CN(C(=O)N[C@@H]1C[C@@H]1c1ccccc1)[C@H]1CCCN(c2ccccc2)C1=O. The molecule has 0 radical (unpaired) electrons. The summed E-state index contributed by atoms with van der Waals surface area (Å²) in [6, 6.07) is 19.5. The number of amides is 3. The van der Waals surface area contributed by atoms with Crippen molar-refractivity contribution in [2.45, 2.75) is 37.3 Å². The molecule has 1 heterocycles. The predicted octanol–water partition coefficient (Wildman–Crippen LogP) is 3.38. The summed E-state index contributed by atoms with van der Waals surface area (Å²) in [6.07, 6.45) is 2.55.